The Bertz CT molecular complexity index is 945. The van der Waals surface area contributed by atoms with Gasteiger partial charge in [-0.15, -0.1) is 11.3 Å². The molecule has 1 aliphatic rings. The maximum absolute atomic E-state index is 12.6. The highest BCUT2D eigenvalue weighted by Gasteiger charge is 2.33. The Morgan fingerprint density at radius 1 is 1.27 bits per heavy atom. The summed E-state index contributed by atoms with van der Waals surface area (Å²) in [5, 5.41) is 1.22. The molecular weight excluding hydrogens is 428 g/mol. The van der Waals surface area contributed by atoms with Crippen LogP contribution in [0.4, 0.5) is 0 Å². The molecule has 3 rings (SSSR count). The highest BCUT2D eigenvalue weighted by atomic mass is 35.5. The second kappa shape index (κ2) is 10.0. The van der Waals surface area contributed by atoms with Crippen LogP contribution < -0.4 is 0 Å². The quantitative estimate of drug-likeness (QED) is 0.621. The van der Waals surface area contributed by atoms with Gasteiger partial charge in [-0.1, -0.05) is 23.7 Å². The van der Waals surface area contributed by atoms with Gasteiger partial charge in [-0.25, -0.2) is 14.6 Å². The van der Waals surface area contributed by atoms with Gasteiger partial charge in [0.2, 0.25) is 0 Å². The molecule has 1 unspecified atom stereocenters. The minimum Gasteiger partial charge on any atom is -0.464 e. The third-order valence-electron chi connectivity index (χ3n) is 4.76. The van der Waals surface area contributed by atoms with Gasteiger partial charge in [0.25, 0.3) is 5.91 Å². The Morgan fingerprint density at radius 3 is 2.80 bits per heavy atom. The molecule has 2 aromatic rings. The van der Waals surface area contributed by atoms with Crippen molar-refractivity contribution in [3.63, 3.8) is 0 Å². The Hall–Kier alpha value is -2.45. The topological polar surface area (TPSA) is 85.8 Å². The lowest BCUT2D eigenvalue weighted by Crippen LogP contribution is -2.50. The molecule has 1 saturated heterocycles. The summed E-state index contributed by atoms with van der Waals surface area (Å²) in [4.78, 5) is 43.5. The molecule has 9 heteroatoms. The van der Waals surface area contributed by atoms with E-state index in [4.69, 9.17) is 21.1 Å². The number of hydrogen-bond acceptors (Lipinski definition) is 7. The highest BCUT2D eigenvalue weighted by Crippen LogP contribution is 2.30. The van der Waals surface area contributed by atoms with Crippen LogP contribution in [0.1, 0.15) is 41.6 Å². The number of hydrogen-bond donors (Lipinski definition) is 0. The number of halogens is 1. The summed E-state index contributed by atoms with van der Waals surface area (Å²) in [7, 11) is 0. The number of benzene rings is 1. The number of carbonyl (C=O) groups excluding carboxylic acids is 3. The van der Waals surface area contributed by atoms with Gasteiger partial charge in [0, 0.05) is 17.1 Å². The van der Waals surface area contributed by atoms with Gasteiger partial charge in [-0.3, -0.25) is 4.79 Å². The van der Waals surface area contributed by atoms with E-state index in [1.807, 2.05) is 12.1 Å². The number of rotatable bonds is 6. The Labute approximate surface area is 183 Å². The average molecular weight is 451 g/mol. The summed E-state index contributed by atoms with van der Waals surface area (Å²) >= 11 is 7.21. The third kappa shape index (κ3) is 5.17. The van der Waals surface area contributed by atoms with Gasteiger partial charge in [-0.05, 0) is 45.2 Å². The Kier molecular flexibility index (Phi) is 7.44. The third-order valence-corrected chi connectivity index (χ3v) is 6.18. The van der Waals surface area contributed by atoms with Crippen molar-refractivity contribution in [1.29, 1.82) is 0 Å². The monoisotopic (exact) mass is 450 g/mol. The van der Waals surface area contributed by atoms with Gasteiger partial charge in [0.15, 0.2) is 6.61 Å². The lowest BCUT2D eigenvalue weighted by Gasteiger charge is -2.33. The van der Waals surface area contributed by atoms with Gasteiger partial charge >= 0.3 is 11.9 Å². The zero-order chi connectivity index (χ0) is 21.7. The van der Waals surface area contributed by atoms with Crippen molar-refractivity contribution in [2.75, 3.05) is 19.8 Å². The number of aromatic nitrogens is 1. The zero-order valence-electron chi connectivity index (χ0n) is 16.9. The normalized spacial score (nSPS) is 16.2. The first-order valence-electron chi connectivity index (χ1n) is 9.77. The summed E-state index contributed by atoms with van der Waals surface area (Å²) in [6.07, 6.45) is 2.20. The number of esters is 2. The van der Waals surface area contributed by atoms with E-state index in [9.17, 15) is 14.4 Å². The van der Waals surface area contributed by atoms with Crippen molar-refractivity contribution >= 4 is 40.8 Å². The molecule has 1 aliphatic heterocycles. The van der Waals surface area contributed by atoms with E-state index in [-0.39, 0.29) is 6.61 Å². The summed E-state index contributed by atoms with van der Waals surface area (Å²) in [5.41, 5.74) is 1.33. The van der Waals surface area contributed by atoms with Crippen LogP contribution in [0.25, 0.3) is 10.6 Å². The smallest absolute Gasteiger partial charge is 0.350 e. The first-order valence-corrected chi connectivity index (χ1v) is 11.0. The van der Waals surface area contributed by atoms with E-state index < -0.39 is 30.5 Å². The van der Waals surface area contributed by atoms with Crippen LogP contribution in [0.5, 0.6) is 0 Å². The number of nitrogens with zero attached hydrogens (tertiary/aromatic N) is 2. The molecule has 1 aromatic heterocycles. The molecule has 0 N–H and O–H groups in total. The molecule has 1 fully saturated rings. The van der Waals surface area contributed by atoms with Crippen LogP contribution >= 0.6 is 22.9 Å². The minimum atomic E-state index is -0.621. The lowest BCUT2D eigenvalue weighted by molar-refractivity contribution is -0.157. The van der Waals surface area contributed by atoms with Gasteiger partial charge in [0.05, 0.1) is 12.3 Å². The van der Waals surface area contributed by atoms with Crippen LogP contribution in [0.15, 0.2) is 24.3 Å². The second-order valence-corrected chi connectivity index (χ2v) is 8.31. The second-order valence-electron chi connectivity index (χ2n) is 6.87. The van der Waals surface area contributed by atoms with E-state index in [2.05, 4.69) is 4.98 Å². The number of aryl methyl sites for hydroxylation is 1. The fourth-order valence-corrected chi connectivity index (χ4v) is 4.47. The largest absolute Gasteiger partial charge is 0.464 e. The summed E-state index contributed by atoms with van der Waals surface area (Å²) in [6.45, 7) is 3.71. The predicted octanol–water partition coefficient (Wildman–Crippen LogP) is 3.87. The summed E-state index contributed by atoms with van der Waals surface area (Å²) in [5.74, 6) is -1.43. The molecule has 1 aromatic carbocycles. The number of amides is 1. The van der Waals surface area contributed by atoms with E-state index in [1.54, 1.807) is 26.0 Å². The molecule has 160 valence electrons. The molecule has 0 spiro atoms. The SMILES string of the molecule is CCOC(=O)C1CCCCN1C(=O)COC(=O)c1sc(-c2cccc(Cl)c2)nc1C. The fraction of sp³-hybridized carbons (Fsp3) is 0.429. The van der Waals surface area contributed by atoms with Crippen molar-refractivity contribution in [2.45, 2.75) is 39.2 Å². The Morgan fingerprint density at radius 2 is 2.07 bits per heavy atom. The molecule has 1 atom stereocenters. The molecule has 0 radical (unpaired) electrons. The van der Waals surface area contributed by atoms with E-state index in [0.29, 0.717) is 33.6 Å². The molecule has 1 amide bonds. The highest BCUT2D eigenvalue weighted by molar-refractivity contribution is 7.17. The van der Waals surface area contributed by atoms with E-state index in [0.717, 1.165) is 18.4 Å². The van der Waals surface area contributed by atoms with E-state index in [1.165, 1.54) is 16.2 Å². The van der Waals surface area contributed by atoms with Gasteiger partial charge in [-0.2, -0.15) is 0 Å². The standard InChI is InChI=1S/C21H23ClN2O5S/c1-3-28-20(26)16-9-4-5-10-24(16)17(25)12-29-21(27)18-13(2)23-19(30-18)14-7-6-8-15(22)11-14/h6-8,11,16H,3-5,9-10,12H2,1-2H3. The molecule has 2 heterocycles. The number of likely N-dealkylation sites (tertiary alicyclic amines) is 1. The molecule has 30 heavy (non-hydrogen) atoms. The van der Waals surface area contributed by atoms with Crippen LogP contribution in [-0.4, -0.2) is 53.5 Å². The van der Waals surface area contributed by atoms with Crippen molar-refractivity contribution in [3.8, 4) is 10.6 Å². The van der Waals surface area contributed by atoms with Crippen LogP contribution in [0.3, 0.4) is 0 Å². The predicted molar refractivity (Wildman–Crippen MR) is 114 cm³/mol. The number of carbonyl (C=O) groups is 3. The van der Waals surface area contributed by atoms with Crippen LogP contribution in [0, 0.1) is 6.92 Å². The molecule has 0 aliphatic carbocycles. The molecule has 7 nitrogen and oxygen atoms in total. The van der Waals surface area contributed by atoms with Crippen LogP contribution in [-0.2, 0) is 19.1 Å². The maximum atomic E-state index is 12.6. The van der Waals surface area contributed by atoms with Crippen LogP contribution in [0.2, 0.25) is 5.02 Å². The van der Waals surface area contributed by atoms with Gasteiger partial charge in [0.1, 0.15) is 15.9 Å². The maximum Gasteiger partial charge on any atom is 0.350 e. The fourth-order valence-electron chi connectivity index (χ4n) is 3.32. The molecule has 0 bridgehead atoms. The number of piperidine rings is 1. The lowest BCUT2D eigenvalue weighted by atomic mass is 10.0. The van der Waals surface area contributed by atoms with E-state index >= 15 is 0 Å². The first kappa shape index (κ1) is 22.2. The summed E-state index contributed by atoms with van der Waals surface area (Å²) in [6, 6.07) is 6.57. The number of thiazole rings is 1. The minimum absolute atomic E-state index is 0.256. The first-order chi connectivity index (χ1) is 14.4. The van der Waals surface area contributed by atoms with Crippen molar-refractivity contribution in [3.05, 3.63) is 39.9 Å². The Balaban J connectivity index is 1.65. The van der Waals surface area contributed by atoms with Crippen molar-refractivity contribution in [2.24, 2.45) is 0 Å². The zero-order valence-corrected chi connectivity index (χ0v) is 18.4. The number of ether oxygens (including phenoxy) is 2. The van der Waals surface area contributed by atoms with Gasteiger partial charge < -0.3 is 14.4 Å². The molecule has 0 saturated carbocycles. The van der Waals surface area contributed by atoms with Crippen molar-refractivity contribution < 1.29 is 23.9 Å². The average Bonchev–Trinajstić information content (AvgIpc) is 3.13. The summed E-state index contributed by atoms with van der Waals surface area (Å²) < 4.78 is 10.3. The molecular formula is C21H23ClN2O5S. The van der Waals surface area contributed by atoms with Crippen molar-refractivity contribution in [1.82, 2.24) is 9.88 Å².